The molecule has 14 heteroatoms. The van der Waals surface area contributed by atoms with Crippen molar-refractivity contribution >= 4 is 61.2 Å². The quantitative estimate of drug-likeness (QED) is 0.252. The van der Waals surface area contributed by atoms with Crippen molar-refractivity contribution in [3.63, 3.8) is 0 Å². The van der Waals surface area contributed by atoms with Crippen LogP contribution in [-0.2, 0) is 32.0 Å². The maximum atomic E-state index is 13.9. The molecule has 3 fully saturated rings. The molecule has 0 bridgehead atoms. The molecule has 3 aromatic rings. The number of methoxy groups -OCH3 is 1. The van der Waals surface area contributed by atoms with Crippen LogP contribution < -0.4 is 19.7 Å². The summed E-state index contributed by atoms with van der Waals surface area (Å²) in [5, 5.41) is 2.65. The van der Waals surface area contributed by atoms with Crippen LogP contribution in [0.15, 0.2) is 30.6 Å². The van der Waals surface area contributed by atoms with E-state index < -0.39 is 35.2 Å². The molecule has 224 valence electrons. The van der Waals surface area contributed by atoms with Crippen LogP contribution in [0.5, 0.6) is 5.75 Å². The molecule has 4 heterocycles. The Morgan fingerprint density at radius 1 is 1.24 bits per heavy atom. The molecule has 2 aliphatic heterocycles. The van der Waals surface area contributed by atoms with E-state index in [1.165, 1.54) is 29.5 Å². The zero-order chi connectivity index (χ0) is 29.4. The number of thiazole rings is 1. The second kappa shape index (κ2) is 12.0. The van der Waals surface area contributed by atoms with E-state index in [1.807, 2.05) is 12.1 Å². The number of fused-ring (bicyclic) bond motifs is 1. The second-order valence-electron chi connectivity index (χ2n) is 10.9. The maximum absolute atomic E-state index is 13.9. The van der Waals surface area contributed by atoms with Gasteiger partial charge in [0.15, 0.2) is 5.13 Å². The number of amides is 1. The topological polar surface area (TPSA) is 154 Å². The minimum atomic E-state index is -2.72. The fourth-order valence-electron chi connectivity index (χ4n) is 5.69. The van der Waals surface area contributed by atoms with Crippen molar-refractivity contribution in [2.75, 3.05) is 48.3 Å². The van der Waals surface area contributed by atoms with Crippen molar-refractivity contribution < 1.29 is 27.8 Å². The number of carbonyl (C=O) groups excluding carboxylic acids is 2. The van der Waals surface area contributed by atoms with Crippen molar-refractivity contribution in [3.05, 3.63) is 36.2 Å². The van der Waals surface area contributed by atoms with Gasteiger partial charge in [0, 0.05) is 48.9 Å². The highest BCUT2D eigenvalue weighted by atomic mass is 32.2. The lowest BCUT2D eigenvalue weighted by molar-refractivity contribution is -0.154. The molecule has 0 radical (unpaired) electrons. The number of nitrogen functional groups attached to an aromatic ring is 1. The Labute approximate surface area is 250 Å². The Hall–Kier alpha value is -3.49. The van der Waals surface area contributed by atoms with E-state index >= 15 is 0 Å². The number of aromatic nitrogens is 2. The smallest absolute Gasteiger partial charge is 0.329 e. The van der Waals surface area contributed by atoms with Crippen LogP contribution in [-0.4, -0.2) is 80.9 Å². The number of hydrogen-bond donors (Lipinski definition) is 1. The van der Waals surface area contributed by atoms with Crippen LogP contribution in [0, 0.1) is 5.92 Å². The predicted molar refractivity (Wildman–Crippen MR) is 159 cm³/mol. The Bertz CT molecular complexity index is 1510. The fourth-order valence-corrected chi connectivity index (χ4v) is 7.51. The summed E-state index contributed by atoms with van der Waals surface area (Å²) < 4.78 is 37.4. The standard InChI is InChI=1S/C28H34N6O6S2/c1-39-23-14-20-18(6-8-30-25(20)29)12-19(23)13-22(27(36)40-16-17-4-5-17)33-11-7-21(26(33)35)34(42(37)38)24-15-31-28(41-24)32-9-2-3-10-32/h6,8,12,14-15,17,21-22H,2-5,7,9-11,13,16H2,1H3,(H2,29,30)(H,37,38)/p-1/t21-,22+/m0/s1. The molecule has 3 aliphatic rings. The van der Waals surface area contributed by atoms with E-state index in [-0.39, 0.29) is 19.4 Å². The molecule has 1 unspecified atom stereocenters. The van der Waals surface area contributed by atoms with Crippen LogP contribution in [0.2, 0.25) is 0 Å². The van der Waals surface area contributed by atoms with Crippen LogP contribution >= 0.6 is 11.3 Å². The Kier molecular flexibility index (Phi) is 8.19. The molecule has 0 spiro atoms. The van der Waals surface area contributed by atoms with Crippen LogP contribution in [0.3, 0.4) is 0 Å². The number of nitrogens with two attached hydrogens (primary N) is 1. The van der Waals surface area contributed by atoms with Crippen molar-refractivity contribution in [3.8, 4) is 5.75 Å². The summed E-state index contributed by atoms with van der Waals surface area (Å²) in [6.07, 6.45) is 7.61. The lowest BCUT2D eigenvalue weighted by Crippen LogP contribution is -2.49. The first-order valence-electron chi connectivity index (χ1n) is 14.1. The number of hydrogen-bond acceptors (Lipinski definition) is 11. The average Bonchev–Trinajstić information content (AvgIpc) is 3.30. The highest BCUT2D eigenvalue weighted by molar-refractivity contribution is 7.81. The number of likely N-dealkylation sites (tertiary alicyclic amines) is 1. The Morgan fingerprint density at radius 3 is 2.74 bits per heavy atom. The summed E-state index contributed by atoms with van der Waals surface area (Å²) in [6, 6.07) is 3.52. The zero-order valence-corrected chi connectivity index (χ0v) is 24.9. The molecule has 6 rings (SSSR count). The van der Waals surface area contributed by atoms with E-state index in [1.54, 1.807) is 12.3 Å². The van der Waals surface area contributed by atoms with Crippen LogP contribution in [0.1, 0.15) is 37.7 Å². The van der Waals surface area contributed by atoms with Crippen molar-refractivity contribution in [2.45, 2.75) is 50.6 Å². The Balaban J connectivity index is 1.28. The molecule has 1 aliphatic carbocycles. The van der Waals surface area contributed by atoms with Crippen molar-refractivity contribution in [2.24, 2.45) is 5.92 Å². The van der Waals surface area contributed by atoms with Gasteiger partial charge in [-0.15, -0.1) is 0 Å². The monoisotopic (exact) mass is 613 g/mol. The van der Waals surface area contributed by atoms with Crippen molar-refractivity contribution in [1.29, 1.82) is 0 Å². The number of esters is 1. The van der Waals surface area contributed by atoms with Gasteiger partial charge < -0.3 is 29.6 Å². The van der Waals surface area contributed by atoms with Gasteiger partial charge in [0.25, 0.3) is 0 Å². The molecule has 42 heavy (non-hydrogen) atoms. The highest BCUT2D eigenvalue weighted by Crippen LogP contribution is 2.37. The zero-order valence-electron chi connectivity index (χ0n) is 23.3. The van der Waals surface area contributed by atoms with Gasteiger partial charge in [-0.2, -0.15) is 0 Å². The number of rotatable bonds is 11. The fraction of sp³-hybridized carbons (Fsp3) is 0.500. The Morgan fingerprint density at radius 2 is 2.02 bits per heavy atom. The van der Waals surface area contributed by atoms with Crippen LogP contribution in [0.4, 0.5) is 16.0 Å². The van der Waals surface area contributed by atoms with Gasteiger partial charge >= 0.3 is 5.97 Å². The van der Waals surface area contributed by atoms with Gasteiger partial charge in [-0.25, -0.2) is 14.8 Å². The molecule has 3 atom stereocenters. The largest absolute Gasteiger partial charge is 0.755 e. The number of ether oxygens (including phenoxy) is 2. The maximum Gasteiger partial charge on any atom is 0.329 e. The van der Waals surface area contributed by atoms with Gasteiger partial charge in [0.05, 0.1) is 19.9 Å². The number of pyridine rings is 1. The molecule has 1 amide bonds. The summed E-state index contributed by atoms with van der Waals surface area (Å²) in [7, 11) is 1.53. The van der Waals surface area contributed by atoms with Gasteiger partial charge in [-0.05, 0) is 67.2 Å². The van der Waals surface area contributed by atoms with E-state index in [0.29, 0.717) is 34.7 Å². The third-order valence-corrected chi connectivity index (χ3v) is 10.1. The molecular formula is C28H33N6O6S2-. The summed E-state index contributed by atoms with van der Waals surface area (Å²) in [4.78, 5) is 39.6. The second-order valence-corrected chi connectivity index (χ2v) is 12.7. The van der Waals surface area contributed by atoms with E-state index in [4.69, 9.17) is 15.2 Å². The lowest BCUT2D eigenvalue weighted by atomic mass is 10.00. The molecule has 2 aromatic heterocycles. The SMILES string of the molecule is COc1cc2c(N)nccc2cc1C[C@H](C(=O)OCC1CC1)N1CC[C@H](N(c2cnc(N3CCCC3)s2)S(=O)[O-])C1=O. The summed E-state index contributed by atoms with van der Waals surface area (Å²) >= 11 is -1.47. The summed E-state index contributed by atoms with van der Waals surface area (Å²) in [5.41, 5.74) is 6.77. The number of anilines is 3. The molecular weight excluding hydrogens is 580 g/mol. The number of carbonyl (C=O) groups is 2. The van der Waals surface area contributed by atoms with E-state index in [2.05, 4.69) is 14.9 Å². The number of benzene rings is 1. The summed E-state index contributed by atoms with van der Waals surface area (Å²) in [5.74, 6) is 0.244. The highest BCUT2D eigenvalue weighted by Gasteiger charge is 2.44. The molecule has 12 nitrogen and oxygen atoms in total. The van der Waals surface area contributed by atoms with Crippen molar-refractivity contribution in [1.82, 2.24) is 14.9 Å². The molecule has 1 aromatic carbocycles. The summed E-state index contributed by atoms with van der Waals surface area (Å²) in [6.45, 7) is 2.24. The number of nitrogens with zero attached hydrogens (tertiary/aromatic N) is 5. The van der Waals surface area contributed by atoms with Gasteiger partial charge in [-0.3, -0.25) is 13.3 Å². The lowest BCUT2D eigenvalue weighted by Gasteiger charge is -2.31. The molecule has 1 saturated carbocycles. The van der Waals surface area contributed by atoms with E-state index in [9.17, 15) is 18.4 Å². The molecule has 2 N–H and O–H groups in total. The first-order chi connectivity index (χ1) is 20.3. The van der Waals surface area contributed by atoms with Gasteiger partial charge in [0.2, 0.25) is 5.91 Å². The van der Waals surface area contributed by atoms with Gasteiger partial charge in [-0.1, -0.05) is 11.3 Å². The predicted octanol–water partition coefficient (Wildman–Crippen LogP) is 2.65. The first kappa shape index (κ1) is 28.6. The third-order valence-electron chi connectivity index (χ3n) is 8.15. The van der Waals surface area contributed by atoms with Crippen LogP contribution in [0.25, 0.3) is 10.8 Å². The third kappa shape index (κ3) is 5.75. The average molecular weight is 614 g/mol. The molecule has 2 saturated heterocycles. The normalized spacial score (nSPS) is 20.2. The first-order valence-corrected chi connectivity index (χ1v) is 16.0. The minimum Gasteiger partial charge on any atom is -0.755 e. The minimum absolute atomic E-state index is 0.128. The van der Waals surface area contributed by atoms with E-state index in [0.717, 1.165) is 59.0 Å². The van der Waals surface area contributed by atoms with Gasteiger partial charge in [0.1, 0.15) is 28.7 Å².